The van der Waals surface area contributed by atoms with Crippen molar-refractivity contribution < 1.29 is 14.5 Å². The predicted molar refractivity (Wildman–Crippen MR) is 116 cm³/mol. The molecule has 2 aromatic carbocycles. The molecule has 0 bridgehead atoms. The van der Waals surface area contributed by atoms with Crippen molar-refractivity contribution in [1.29, 1.82) is 0 Å². The van der Waals surface area contributed by atoms with E-state index in [-0.39, 0.29) is 11.6 Å². The van der Waals surface area contributed by atoms with Gasteiger partial charge in [-0.05, 0) is 31.8 Å². The van der Waals surface area contributed by atoms with E-state index in [2.05, 4.69) is 0 Å². The standard InChI is InChI=1S/C22H28N4O4/c1-23(2)10-11-25(17-18-6-4-3-5-7-18)22(27)19-8-9-20(21(16-19)26(28)29)24-12-14-30-15-13-24/h3-9,16H,10-15,17H2,1-2H3. The summed E-state index contributed by atoms with van der Waals surface area (Å²) < 4.78 is 5.34. The van der Waals surface area contributed by atoms with Gasteiger partial charge in [-0.25, -0.2) is 0 Å². The maximum absolute atomic E-state index is 13.3. The van der Waals surface area contributed by atoms with Crippen molar-refractivity contribution in [1.82, 2.24) is 9.80 Å². The molecule has 8 nitrogen and oxygen atoms in total. The topological polar surface area (TPSA) is 79.2 Å². The van der Waals surface area contributed by atoms with Crippen molar-refractivity contribution in [3.8, 4) is 0 Å². The lowest BCUT2D eigenvalue weighted by Crippen LogP contribution is -2.37. The van der Waals surface area contributed by atoms with E-state index in [1.54, 1.807) is 17.0 Å². The van der Waals surface area contributed by atoms with Crippen molar-refractivity contribution in [2.24, 2.45) is 0 Å². The monoisotopic (exact) mass is 412 g/mol. The second-order valence-electron chi connectivity index (χ2n) is 7.58. The van der Waals surface area contributed by atoms with Gasteiger partial charge in [0.1, 0.15) is 5.69 Å². The summed E-state index contributed by atoms with van der Waals surface area (Å²) in [6.45, 7) is 3.94. The van der Waals surface area contributed by atoms with Crippen LogP contribution in [0.1, 0.15) is 15.9 Å². The third-order valence-electron chi connectivity index (χ3n) is 5.09. The van der Waals surface area contributed by atoms with Crippen molar-refractivity contribution in [2.75, 3.05) is 58.4 Å². The number of carbonyl (C=O) groups excluding carboxylic acids is 1. The van der Waals surface area contributed by atoms with Gasteiger partial charge >= 0.3 is 0 Å². The van der Waals surface area contributed by atoms with Gasteiger partial charge in [0.25, 0.3) is 11.6 Å². The predicted octanol–water partition coefficient (Wildman–Crippen LogP) is 2.64. The summed E-state index contributed by atoms with van der Waals surface area (Å²) in [7, 11) is 3.90. The quantitative estimate of drug-likeness (QED) is 0.490. The molecule has 0 saturated carbocycles. The zero-order valence-corrected chi connectivity index (χ0v) is 17.5. The van der Waals surface area contributed by atoms with Gasteiger partial charge in [-0.3, -0.25) is 14.9 Å². The van der Waals surface area contributed by atoms with E-state index in [4.69, 9.17) is 4.74 Å². The van der Waals surface area contributed by atoms with Gasteiger partial charge in [0.15, 0.2) is 0 Å². The number of ether oxygens (including phenoxy) is 1. The fourth-order valence-corrected chi connectivity index (χ4v) is 3.43. The average Bonchev–Trinajstić information content (AvgIpc) is 2.77. The van der Waals surface area contributed by atoms with Crippen molar-refractivity contribution >= 4 is 17.3 Å². The molecular formula is C22H28N4O4. The Labute approximate surface area is 176 Å². The van der Waals surface area contributed by atoms with E-state index in [1.165, 1.54) is 6.07 Å². The number of likely N-dealkylation sites (N-methyl/N-ethyl adjacent to an activating group) is 1. The number of hydrogen-bond acceptors (Lipinski definition) is 6. The number of nitro groups is 1. The Morgan fingerprint density at radius 2 is 1.80 bits per heavy atom. The first-order valence-corrected chi connectivity index (χ1v) is 10.0. The van der Waals surface area contributed by atoms with Crippen LogP contribution in [0.4, 0.5) is 11.4 Å². The Balaban J connectivity index is 1.87. The molecular weight excluding hydrogens is 384 g/mol. The van der Waals surface area contributed by atoms with Crippen LogP contribution in [0, 0.1) is 10.1 Å². The summed E-state index contributed by atoms with van der Waals surface area (Å²) in [5, 5.41) is 11.7. The number of nitro benzene ring substituents is 1. The minimum atomic E-state index is -0.414. The highest BCUT2D eigenvalue weighted by atomic mass is 16.6. The van der Waals surface area contributed by atoms with Crippen LogP contribution >= 0.6 is 0 Å². The first-order chi connectivity index (χ1) is 14.5. The molecule has 0 spiro atoms. The Hall–Kier alpha value is -2.97. The molecule has 0 unspecified atom stereocenters. The van der Waals surface area contributed by atoms with E-state index >= 15 is 0 Å². The van der Waals surface area contributed by atoms with Crippen LogP contribution in [0.5, 0.6) is 0 Å². The third kappa shape index (κ3) is 5.55. The summed E-state index contributed by atoms with van der Waals surface area (Å²) in [4.78, 5) is 30.3. The summed E-state index contributed by atoms with van der Waals surface area (Å²) in [5.74, 6) is -0.211. The molecule has 0 radical (unpaired) electrons. The molecule has 30 heavy (non-hydrogen) atoms. The Morgan fingerprint density at radius 3 is 2.43 bits per heavy atom. The van der Waals surface area contributed by atoms with Gasteiger partial charge < -0.3 is 19.4 Å². The lowest BCUT2D eigenvalue weighted by atomic mass is 10.1. The molecule has 160 valence electrons. The first kappa shape index (κ1) is 21.7. The molecule has 2 aromatic rings. The van der Waals surface area contributed by atoms with Gasteiger partial charge in [0.2, 0.25) is 0 Å². The molecule has 0 aliphatic carbocycles. The first-order valence-electron chi connectivity index (χ1n) is 10.0. The van der Waals surface area contributed by atoms with Crippen molar-refractivity contribution in [3.63, 3.8) is 0 Å². The highest BCUT2D eigenvalue weighted by Gasteiger charge is 2.25. The molecule has 8 heteroatoms. The maximum Gasteiger partial charge on any atom is 0.293 e. The molecule has 1 saturated heterocycles. The Morgan fingerprint density at radius 1 is 1.10 bits per heavy atom. The average molecular weight is 412 g/mol. The highest BCUT2D eigenvalue weighted by Crippen LogP contribution is 2.30. The number of hydrogen-bond donors (Lipinski definition) is 0. The molecule has 1 heterocycles. The van der Waals surface area contributed by atoms with Crippen LogP contribution in [-0.2, 0) is 11.3 Å². The molecule has 1 aliphatic heterocycles. The van der Waals surface area contributed by atoms with Gasteiger partial charge in [-0.15, -0.1) is 0 Å². The summed E-state index contributed by atoms with van der Waals surface area (Å²) in [5.41, 5.74) is 1.83. The van der Waals surface area contributed by atoms with Crippen LogP contribution in [-0.4, -0.2) is 74.1 Å². The number of benzene rings is 2. The van der Waals surface area contributed by atoms with Gasteiger partial charge in [-0.1, -0.05) is 30.3 Å². The van der Waals surface area contributed by atoms with Crippen LogP contribution in [0.3, 0.4) is 0 Å². The van der Waals surface area contributed by atoms with E-state index in [0.29, 0.717) is 57.2 Å². The highest BCUT2D eigenvalue weighted by molar-refractivity contribution is 5.95. The minimum Gasteiger partial charge on any atom is -0.378 e. The van der Waals surface area contributed by atoms with Crippen molar-refractivity contribution in [3.05, 3.63) is 69.8 Å². The second-order valence-corrected chi connectivity index (χ2v) is 7.58. The molecule has 0 N–H and O–H groups in total. The largest absolute Gasteiger partial charge is 0.378 e. The van der Waals surface area contributed by atoms with Crippen LogP contribution in [0.15, 0.2) is 48.5 Å². The molecule has 1 fully saturated rings. The fourth-order valence-electron chi connectivity index (χ4n) is 3.43. The van der Waals surface area contributed by atoms with E-state index < -0.39 is 4.92 Å². The zero-order chi connectivity index (χ0) is 21.5. The van der Waals surface area contributed by atoms with Crippen LogP contribution in [0.25, 0.3) is 0 Å². The Bertz CT molecular complexity index is 867. The third-order valence-corrected chi connectivity index (χ3v) is 5.09. The number of carbonyl (C=O) groups is 1. The van der Waals surface area contributed by atoms with Gasteiger partial charge in [-0.2, -0.15) is 0 Å². The normalized spacial score (nSPS) is 14.0. The number of anilines is 1. The minimum absolute atomic E-state index is 0.0463. The zero-order valence-electron chi connectivity index (χ0n) is 17.5. The lowest BCUT2D eigenvalue weighted by molar-refractivity contribution is -0.384. The smallest absolute Gasteiger partial charge is 0.293 e. The van der Waals surface area contributed by atoms with Crippen LogP contribution in [0.2, 0.25) is 0 Å². The SMILES string of the molecule is CN(C)CCN(Cc1ccccc1)C(=O)c1ccc(N2CCOCC2)c([N+](=O)[O-])c1. The lowest BCUT2D eigenvalue weighted by Gasteiger charge is -2.29. The molecule has 0 aromatic heterocycles. The maximum atomic E-state index is 13.3. The number of nitrogens with zero attached hydrogens (tertiary/aromatic N) is 4. The van der Waals surface area contributed by atoms with Crippen LogP contribution < -0.4 is 4.90 Å². The fraction of sp³-hybridized carbons (Fsp3) is 0.409. The van der Waals surface area contributed by atoms with E-state index in [0.717, 1.165) is 5.56 Å². The molecule has 3 rings (SSSR count). The number of amides is 1. The van der Waals surface area contributed by atoms with Crippen molar-refractivity contribution in [2.45, 2.75) is 6.54 Å². The summed E-state index contributed by atoms with van der Waals surface area (Å²) >= 11 is 0. The molecule has 1 amide bonds. The number of morpholine rings is 1. The Kier molecular flexibility index (Phi) is 7.37. The van der Waals surface area contributed by atoms with Gasteiger partial charge in [0.05, 0.1) is 18.1 Å². The van der Waals surface area contributed by atoms with Gasteiger partial charge in [0, 0.05) is 44.4 Å². The molecule has 1 aliphatic rings. The second kappa shape index (κ2) is 10.2. The number of rotatable bonds is 8. The van der Waals surface area contributed by atoms with E-state index in [9.17, 15) is 14.9 Å². The van der Waals surface area contributed by atoms with E-state index in [1.807, 2.05) is 54.2 Å². The summed E-state index contributed by atoms with van der Waals surface area (Å²) in [6, 6.07) is 14.5. The summed E-state index contributed by atoms with van der Waals surface area (Å²) in [6.07, 6.45) is 0. The molecule has 0 atom stereocenters.